The van der Waals surface area contributed by atoms with Crippen LogP contribution in [0, 0.1) is 11.3 Å². The first kappa shape index (κ1) is 18.6. The van der Waals surface area contributed by atoms with E-state index < -0.39 is 6.36 Å². The van der Waals surface area contributed by atoms with Crippen LogP contribution in [0.2, 0.25) is 0 Å². The lowest BCUT2D eigenvalue weighted by Crippen LogP contribution is -2.24. The van der Waals surface area contributed by atoms with E-state index in [1.54, 1.807) is 28.8 Å². The summed E-state index contributed by atoms with van der Waals surface area (Å²) in [5.74, 6) is -0.374. The van der Waals surface area contributed by atoms with Crippen molar-refractivity contribution in [3.63, 3.8) is 0 Å². The van der Waals surface area contributed by atoms with Crippen molar-refractivity contribution in [3.05, 3.63) is 71.7 Å². The Kier molecular flexibility index (Phi) is 4.47. The average Bonchev–Trinajstić information content (AvgIpc) is 3.10. The standard InChI is InChI=1S/C20H13F3N4O2/c21-20(22,23)29-15-7-5-14(6-8-15)27-11-25-18-16(9-17(28)26-19(18)27)13-3-1-12(10-24)2-4-13/h1-8,11,16H,9H2,(H,26,28). The number of nitrogens with one attached hydrogen (secondary N) is 1. The molecule has 1 N–H and O–H groups in total. The second-order valence-corrected chi connectivity index (χ2v) is 6.43. The fourth-order valence-electron chi connectivity index (χ4n) is 3.28. The zero-order valence-corrected chi connectivity index (χ0v) is 14.8. The molecule has 0 bridgehead atoms. The van der Waals surface area contributed by atoms with Crippen LogP contribution < -0.4 is 10.1 Å². The molecule has 0 saturated carbocycles. The topological polar surface area (TPSA) is 79.9 Å². The zero-order valence-electron chi connectivity index (χ0n) is 14.8. The van der Waals surface area contributed by atoms with Crippen LogP contribution in [0.3, 0.4) is 0 Å². The van der Waals surface area contributed by atoms with Gasteiger partial charge in [0.05, 0.1) is 17.3 Å². The van der Waals surface area contributed by atoms with Gasteiger partial charge in [0.1, 0.15) is 17.9 Å². The van der Waals surface area contributed by atoms with E-state index in [1.165, 1.54) is 30.6 Å². The third-order valence-electron chi connectivity index (χ3n) is 4.56. The fraction of sp³-hybridized carbons (Fsp3) is 0.150. The molecule has 0 spiro atoms. The molecular weight excluding hydrogens is 385 g/mol. The molecule has 6 nitrogen and oxygen atoms in total. The molecule has 0 saturated heterocycles. The number of amides is 1. The lowest BCUT2D eigenvalue weighted by atomic mass is 9.89. The monoisotopic (exact) mass is 398 g/mol. The Hall–Kier alpha value is -3.80. The lowest BCUT2D eigenvalue weighted by molar-refractivity contribution is -0.274. The molecule has 1 aliphatic rings. The van der Waals surface area contributed by atoms with Crippen molar-refractivity contribution < 1.29 is 22.7 Å². The number of imidazole rings is 1. The maximum absolute atomic E-state index is 12.3. The summed E-state index contributed by atoms with van der Waals surface area (Å²) >= 11 is 0. The summed E-state index contributed by atoms with van der Waals surface area (Å²) < 4.78 is 42.5. The normalized spacial score (nSPS) is 15.9. The quantitative estimate of drug-likeness (QED) is 0.720. The summed E-state index contributed by atoms with van der Waals surface area (Å²) in [6.45, 7) is 0. The minimum Gasteiger partial charge on any atom is -0.406 e. The maximum atomic E-state index is 12.3. The third kappa shape index (κ3) is 3.78. The summed E-state index contributed by atoms with van der Waals surface area (Å²) in [6.07, 6.45) is -3.06. The number of aromatic nitrogens is 2. The van der Waals surface area contributed by atoms with Gasteiger partial charge in [-0.15, -0.1) is 13.2 Å². The number of carbonyl (C=O) groups is 1. The van der Waals surface area contributed by atoms with Crippen molar-refractivity contribution >= 4 is 11.7 Å². The molecule has 0 fully saturated rings. The van der Waals surface area contributed by atoms with E-state index in [4.69, 9.17) is 5.26 Å². The van der Waals surface area contributed by atoms with Crippen LogP contribution in [0.4, 0.5) is 19.0 Å². The number of ether oxygens (including phenoxy) is 1. The second kappa shape index (κ2) is 6.98. The van der Waals surface area contributed by atoms with Gasteiger partial charge < -0.3 is 10.1 Å². The number of carbonyl (C=O) groups excluding carboxylic acids is 1. The molecule has 2 aromatic carbocycles. The summed E-state index contributed by atoms with van der Waals surface area (Å²) in [4.78, 5) is 16.7. The maximum Gasteiger partial charge on any atom is 0.573 e. The van der Waals surface area contributed by atoms with Crippen molar-refractivity contribution in [2.75, 3.05) is 5.32 Å². The Morgan fingerprint density at radius 1 is 1.14 bits per heavy atom. The minimum absolute atomic E-state index is 0.203. The number of anilines is 1. The Bertz CT molecular complexity index is 1100. The Balaban J connectivity index is 1.68. The predicted octanol–water partition coefficient (Wildman–Crippen LogP) is 4.12. The first-order chi connectivity index (χ1) is 13.8. The van der Waals surface area contributed by atoms with Crippen LogP contribution in [0.15, 0.2) is 54.9 Å². The van der Waals surface area contributed by atoms with Crippen LogP contribution in [0.5, 0.6) is 5.75 Å². The van der Waals surface area contributed by atoms with Crippen LogP contribution in [-0.4, -0.2) is 21.8 Å². The third-order valence-corrected chi connectivity index (χ3v) is 4.56. The van der Waals surface area contributed by atoms with Gasteiger partial charge in [-0.1, -0.05) is 12.1 Å². The van der Waals surface area contributed by atoms with Gasteiger partial charge in [0.2, 0.25) is 5.91 Å². The molecular formula is C20H13F3N4O2. The number of fused-ring (bicyclic) bond motifs is 1. The lowest BCUT2D eigenvalue weighted by Gasteiger charge is -2.23. The number of alkyl halides is 3. The molecule has 29 heavy (non-hydrogen) atoms. The van der Waals surface area contributed by atoms with Crippen LogP contribution in [0.1, 0.15) is 29.2 Å². The van der Waals surface area contributed by atoms with Crippen LogP contribution in [-0.2, 0) is 4.79 Å². The van der Waals surface area contributed by atoms with Crippen LogP contribution >= 0.6 is 0 Å². The number of benzene rings is 2. The highest BCUT2D eigenvalue weighted by atomic mass is 19.4. The highest BCUT2D eigenvalue weighted by Gasteiger charge is 2.32. The van der Waals surface area contributed by atoms with Gasteiger partial charge in [-0.3, -0.25) is 9.36 Å². The molecule has 0 aliphatic carbocycles. The molecule has 9 heteroatoms. The van der Waals surface area contributed by atoms with Gasteiger partial charge in [-0.25, -0.2) is 4.98 Å². The SMILES string of the molecule is N#Cc1ccc(C2CC(=O)Nc3c2ncn3-c2ccc(OC(F)(F)F)cc2)cc1. The summed E-state index contributed by atoms with van der Waals surface area (Å²) in [5.41, 5.74) is 2.53. The molecule has 1 unspecified atom stereocenters. The van der Waals surface area contributed by atoms with Gasteiger partial charge in [0.15, 0.2) is 0 Å². The van der Waals surface area contributed by atoms with Crippen molar-refractivity contribution in [2.45, 2.75) is 18.7 Å². The summed E-state index contributed by atoms with van der Waals surface area (Å²) in [6, 6.07) is 14.3. The van der Waals surface area contributed by atoms with Gasteiger partial charge in [-0.05, 0) is 42.0 Å². The molecule has 1 amide bonds. The zero-order chi connectivity index (χ0) is 20.6. The van der Waals surface area contributed by atoms with E-state index in [0.717, 1.165) is 5.56 Å². The largest absolute Gasteiger partial charge is 0.573 e. The van der Waals surface area contributed by atoms with Crippen LogP contribution in [0.25, 0.3) is 5.69 Å². The number of halogens is 3. The molecule has 1 aromatic heterocycles. The molecule has 1 atom stereocenters. The summed E-state index contributed by atoms with van der Waals surface area (Å²) in [7, 11) is 0. The Morgan fingerprint density at radius 3 is 2.45 bits per heavy atom. The molecule has 1 aliphatic heterocycles. The Labute approximate surface area is 163 Å². The van der Waals surface area contributed by atoms with E-state index in [-0.39, 0.29) is 24.0 Å². The average molecular weight is 398 g/mol. The number of hydrogen-bond acceptors (Lipinski definition) is 4. The van der Waals surface area contributed by atoms with E-state index in [9.17, 15) is 18.0 Å². The first-order valence-electron chi connectivity index (χ1n) is 8.57. The predicted molar refractivity (Wildman–Crippen MR) is 96.5 cm³/mol. The van der Waals surface area contributed by atoms with Gasteiger partial charge in [0, 0.05) is 18.0 Å². The second-order valence-electron chi connectivity index (χ2n) is 6.43. The van der Waals surface area contributed by atoms with E-state index >= 15 is 0 Å². The van der Waals surface area contributed by atoms with Crippen molar-refractivity contribution in [2.24, 2.45) is 0 Å². The van der Waals surface area contributed by atoms with E-state index in [1.807, 2.05) is 6.07 Å². The smallest absolute Gasteiger partial charge is 0.406 e. The van der Waals surface area contributed by atoms with Gasteiger partial charge in [0.25, 0.3) is 0 Å². The van der Waals surface area contributed by atoms with E-state index in [2.05, 4.69) is 15.0 Å². The summed E-state index contributed by atoms with van der Waals surface area (Å²) in [5, 5.41) is 11.7. The van der Waals surface area contributed by atoms with Crippen molar-refractivity contribution in [1.82, 2.24) is 9.55 Å². The number of rotatable bonds is 3. The van der Waals surface area contributed by atoms with Gasteiger partial charge >= 0.3 is 6.36 Å². The highest BCUT2D eigenvalue weighted by molar-refractivity contribution is 5.94. The fourth-order valence-corrected chi connectivity index (χ4v) is 3.28. The van der Waals surface area contributed by atoms with Crippen molar-refractivity contribution in [3.8, 4) is 17.5 Å². The molecule has 0 radical (unpaired) electrons. The number of nitrogens with zero attached hydrogens (tertiary/aromatic N) is 3. The number of nitriles is 1. The molecule has 4 rings (SSSR count). The highest BCUT2D eigenvalue weighted by Crippen LogP contribution is 2.37. The number of hydrogen-bond donors (Lipinski definition) is 1. The molecule has 2 heterocycles. The minimum atomic E-state index is -4.77. The molecule has 3 aromatic rings. The molecule has 146 valence electrons. The Morgan fingerprint density at radius 2 is 1.83 bits per heavy atom. The van der Waals surface area contributed by atoms with Crippen molar-refractivity contribution in [1.29, 1.82) is 5.26 Å². The van der Waals surface area contributed by atoms with E-state index in [0.29, 0.717) is 22.8 Å². The van der Waals surface area contributed by atoms with Gasteiger partial charge in [-0.2, -0.15) is 5.26 Å². The first-order valence-corrected chi connectivity index (χ1v) is 8.57.